The van der Waals surface area contributed by atoms with Gasteiger partial charge in [-0.2, -0.15) is 0 Å². The van der Waals surface area contributed by atoms with E-state index < -0.39 is 0 Å². The third-order valence-corrected chi connectivity index (χ3v) is 3.99. The fourth-order valence-corrected chi connectivity index (χ4v) is 2.88. The highest BCUT2D eigenvalue weighted by molar-refractivity contribution is 5.46. The summed E-state index contributed by atoms with van der Waals surface area (Å²) >= 11 is 0. The van der Waals surface area contributed by atoms with Gasteiger partial charge < -0.3 is 10.3 Å². The summed E-state index contributed by atoms with van der Waals surface area (Å²) in [4.78, 5) is 0. The van der Waals surface area contributed by atoms with Gasteiger partial charge >= 0.3 is 0 Å². The van der Waals surface area contributed by atoms with Gasteiger partial charge in [-0.15, -0.1) is 0 Å². The quantitative estimate of drug-likeness (QED) is 0.613. The Labute approximate surface area is 120 Å². The third-order valence-electron chi connectivity index (χ3n) is 3.99. The molecule has 0 saturated heterocycles. The van der Waals surface area contributed by atoms with Crippen molar-refractivity contribution >= 4 is 5.69 Å². The lowest BCUT2D eigenvalue weighted by atomic mass is 9.95. The van der Waals surface area contributed by atoms with E-state index in [1.54, 1.807) is 0 Å². The lowest BCUT2D eigenvalue weighted by molar-refractivity contribution is 0.352. The summed E-state index contributed by atoms with van der Waals surface area (Å²) in [6.07, 6.45) is 8.80. The van der Waals surface area contributed by atoms with Crippen molar-refractivity contribution in [3.05, 3.63) is 53.9 Å². The second kappa shape index (κ2) is 5.88. The highest BCUT2D eigenvalue weighted by Gasteiger charge is 2.15. The van der Waals surface area contributed by atoms with Gasteiger partial charge in [0, 0.05) is 23.5 Å². The molecule has 0 radical (unpaired) electrons. The molecule has 1 aliphatic carbocycles. The molecule has 1 aromatic heterocycles. The molecule has 0 amide bonds. The lowest BCUT2D eigenvalue weighted by Gasteiger charge is -2.24. The number of aromatic nitrogens is 1. The normalized spacial score (nSPS) is 15.6. The van der Waals surface area contributed by atoms with Crippen LogP contribution in [-0.4, -0.2) is 4.57 Å². The monoisotopic (exact) mass is 264 g/mol. The Hall–Kier alpha value is -2.14. The highest BCUT2D eigenvalue weighted by atomic mass is 15.0. The number of nitrogen functional groups attached to an aromatic ring is 1. The zero-order valence-electron chi connectivity index (χ0n) is 11.7. The number of nitrogens with two attached hydrogens (primary N) is 1. The summed E-state index contributed by atoms with van der Waals surface area (Å²) in [5, 5.41) is 0. The van der Waals surface area contributed by atoms with Crippen molar-refractivity contribution in [3.63, 3.8) is 0 Å². The minimum atomic E-state index is 0.634. The van der Waals surface area contributed by atoms with Crippen molar-refractivity contribution in [2.75, 3.05) is 5.73 Å². The maximum atomic E-state index is 5.69. The van der Waals surface area contributed by atoms with Gasteiger partial charge in [-0.1, -0.05) is 25.2 Å². The summed E-state index contributed by atoms with van der Waals surface area (Å²) in [6.45, 7) is 0. The molecule has 102 valence electrons. The van der Waals surface area contributed by atoms with E-state index in [9.17, 15) is 0 Å². The van der Waals surface area contributed by atoms with Crippen molar-refractivity contribution in [1.29, 1.82) is 0 Å². The second-order valence-electron chi connectivity index (χ2n) is 5.46. The molecule has 20 heavy (non-hydrogen) atoms. The Bertz CT molecular complexity index is 619. The molecule has 2 heteroatoms. The van der Waals surface area contributed by atoms with Crippen LogP contribution in [0.15, 0.2) is 42.6 Å². The molecule has 1 aromatic carbocycles. The molecule has 3 rings (SSSR count). The zero-order chi connectivity index (χ0) is 13.8. The van der Waals surface area contributed by atoms with Crippen molar-refractivity contribution in [2.24, 2.45) is 0 Å². The predicted octanol–water partition coefficient (Wildman–Crippen LogP) is 3.98. The minimum absolute atomic E-state index is 0.634. The Morgan fingerprint density at radius 3 is 2.45 bits per heavy atom. The highest BCUT2D eigenvalue weighted by Crippen LogP contribution is 2.29. The minimum Gasteiger partial charge on any atom is -0.399 e. The molecule has 1 aliphatic rings. The number of benzene rings is 1. The molecular formula is C18H20N2. The Morgan fingerprint density at radius 2 is 1.70 bits per heavy atom. The molecule has 1 fully saturated rings. The van der Waals surface area contributed by atoms with Crippen molar-refractivity contribution < 1.29 is 0 Å². The SMILES string of the molecule is Nc1ccc(C#Cc2cccn2C2CCCCC2)cc1. The summed E-state index contributed by atoms with van der Waals surface area (Å²) in [5.74, 6) is 6.53. The van der Waals surface area contributed by atoms with Crippen LogP contribution >= 0.6 is 0 Å². The van der Waals surface area contributed by atoms with Crippen LogP contribution < -0.4 is 5.73 Å². The first kappa shape index (κ1) is 12.9. The van der Waals surface area contributed by atoms with E-state index in [0.717, 1.165) is 16.9 Å². The van der Waals surface area contributed by atoms with E-state index in [4.69, 9.17) is 5.73 Å². The van der Waals surface area contributed by atoms with Crippen LogP contribution in [-0.2, 0) is 0 Å². The first-order valence-corrected chi connectivity index (χ1v) is 7.37. The second-order valence-corrected chi connectivity index (χ2v) is 5.46. The van der Waals surface area contributed by atoms with Crippen LogP contribution in [0.3, 0.4) is 0 Å². The summed E-state index contributed by atoms with van der Waals surface area (Å²) in [6, 6.07) is 12.6. The molecule has 0 spiro atoms. The number of nitrogens with zero attached hydrogens (tertiary/aromatic N) is 1. The molecular weight excluding hydrogens is 244 g/mol. The summed E-state index contributed by atoms with van der Waals surface area (Å²) < 4.78 is 2.35. The molecule has 1 saturated carbocycles. The van der Waals surface area contributed by atoms with Gasteiger partial charge in [0.1, 0.15) is 0 Å². The molecule has 0 unspecified atom stereocenters. The zero-order valence-corrected chi connectivity index (χ0v) is 11.7. The van der Waals surface area contributed by atoms with Gasteiger partial charge in [-0.3, -0.25) is 0 Å². The largest absolute Gasteiger partial charge is 0.399 e. The lowest BCUT2D eigenvalue weighted by Crippen LogP contribution is -2.13. The molecule has 2 N–H and O–H groups in total. The van der Waals surface area contributed by atoms with E-state index in [1.807, 2.05) is 24.3 Å². The first-order valence-electron chi connectivity index (χ1n) is 7.37. The van der Waals surface area contributed by atoms with E-state index in [2.05, 4.69) is 34.7 Å². The van der Waals surface area contributed by atoms with Gasteiger partial charge in [-0.05, 0) is 55.2 Å². The Balaban J connectivity index is 1.81. The van der Waals surface area contributed by atoms with Gasteiger partial charge in [0.25, 0.3) is 0 Å². The van der Waals surface area contributed by atoms with Crippen LogP contribution in [0.1, 0.15) is 49.4 Å². The maximum absolute atomic E-state index is 5.69. The molecule has 2 aromatic rings. The fourth-order valence-electron chi connectivity index (χ4n) is 2.88. The van der Waals surface area contributed by atoms with Crippen molar-refractivity contribution in [2.45, 2.75) is 38.1 Å². The molecule has 1 heterocycles. The summed E-state index contributed by atoms with van der Waals surface area (Å²) in [7, 11) is 0. The molecule has 0 atom stereocenters. The number of hydrogen-bond donors (Lipinski definition) is 1. The van der Waals surface area contributed by atoms with Crippen LogP contribution in [0.5, 0.6) is 0 Å². The topological polar surface area (TPSA) is 30.9 Å². The molecule has 0 bridgehead atoms. The van der Waals surface area contributed by atoms with Gasteiger partial charge in [0.2, 0.25) is 0 Å². The van der Waals surface area contributed by atoms with Crippen molar-refractivity contribution in [1.82, 2.24) is 4.57 Å². The van der Waals surface area contributed by atoms with Crippen LogP contribution in [0.2, 0.25) is 0 Å². The van der Waals surface area contributed by atoms with Crippen molar-refractivity contribution in [3.8, 4) is 11.8 Å². The van der Waals surface area contributed by atoms with Gasteiger partial charge in [0.05, 0.1) is 5.69 Å². The Kier molecular flexibility index (Phi) is 3.78. The van der Waals surface area contributed by atoms with E-state index >= 15 is 0 Å². The predicted molar refractivity (Wildman–Crippen MR) is 83.4 cm³/mol. The van der Waals surface area contributed by atoms with Crippen LogP contribution in [0.4, 0.5) is 5.69 Å². The van der Waals surface area contributed by atoms with Gasteiger partial charge in [-0.25, -0.2) is 0 Å². The van der Waals surface area contributed by atoms with Crippen LogP contribution in [0, 0.1) is 11.8 Å². The van der Waals surface area contributed by atoms with E-state index in [0.29, 0.717) is 6.04 Å². The van der Waals surface area contributed by atoms with Gasteiger partial charge in [0.15, 0.2) is 0 Å². The van der Waals surface area contributed by atoms with E-state index in [1.165, 1.54) is 32.1 Å². The average Bonchev–Trinajstić information content (AvgIpc) is 2.96. The van der Waals surface area contributed by atoms with E-state index in [-0.39, 0.29) is 0 Å². The molecule has 2 nitrogen and oxygen atoms in total. The number of hydrogen-bond acceptors (Lipinski definition) is 1. The number of rotatable bonds is 1. The average molecular weight is 264 g/mol. The standard InChI is InChI=1S/C18H20N2/c19-16-11-8-15(9-12-16)10-13-18-7-4-14-20(18)17-5-2-1-3-6-17/h4,7-9,11-12,14,17H,1-3,5-6,19H2. The number of anilines is 1. The maximum Gasteiger partial charge on any atom is 0.0926 e. The first-order chi connectivity index (χ1) is 9.83. The fraction of sp³-hybridized carbons (Fsp3) is 0.333. The van der Waals surface area contributed by atoms with Crippen LogP contribution in [0.25, 0.3) is 0 Å². The third kappa shape index (κ3) is 2.88. The summed E-state index contributed by atoms with van der Waals surface area (Å²) in [5.41, 5.74) is 8.59. The smallest absolute Gasteiger partial charge is 0.0926 e. The Morgan fingerprint density at radius 1 is 0.950 bits per heavy atom. The molecule has 0 aliphatic heterocycles.